The van der Waals surface area contributed by atoms with Crippen LogP contribution in [0.5, 0.6) is 5.75 Å². The number of nitrogens with zero attached hydrogens (tertiary/aromatic N) is 2. The first kappa shape index (κ1) is 17.3. The van der Waals surface area contributed by atoms with Gasteiger partial charge in [0.15, 0.2) is 0 Å². The Kier molecular flexibility index (Phi) is 4.67. The summed E-state index contributed by atoms with van der Waals surface area (Å²) in [5, 5.41) is 0. The molecule has 0 spiro atoms. The fourth-order valence-corrected chi connectivity index (χ4v) is 3.41. The lowest BCUT2D eigenvalue weighted by atomic mass is 9.95. The predicted molar refractivity (Wildman–Crippen MR) is 101 cm³/mol. The largest absolute Gasteiger partial charge is 0.492 e. The Morgan fingerprint density at radius 3 is 2.78 bits per heavy atom. The van der Waals surface area contributed by atoms with Crippen molar-refractivity contribution in [2.75, 3.05) is 6.61 Å². The SMILES string of the molecule is Cc1cc2c(cc1C)C(C(=O)N(Cc1cccnc1)Cc1ccco1)CO2. The van der Waals surface area contributed by atoms with E-state index in [0.29, 0.717) is 19.7 Å². The summed E-state index contributed by atoms with van der Waals surface area (Å²) in [7, 11) is 0. The number of carbonyl (C=O) groups excluding carboxylic acids is 1. The van der Waals surface area contributed by atoms with E-state index in [-0.39, 0.29) is 11.8 Å². The van der Waals surface area contributed by atoms with Gasteiger partial charge in [-0.2, -0.15) is 0 Å². The number of amides is 1. The van der Waals surface area contributed by atoms with Crippen molar-refractivity contribution in [2.24, 2.45) is 0 Å². The third-order valence-electron chi connectivity index (χ3n) is 5.04. The van der Waals surface area contributed by atoms with E-state index in [1.54, 1.807) is 18.7 Å². The second-order valence-electron chi connectivity index (χ2n) is 6.97. The van der Waals surface area contributed by atoms with Crippen LogP contribution >= 0.6 is 0 Å². The van der Waals surface area contributed by atoms with Crippen molar-refractivity contribution >= 4 is 5.91 Å². The molecule has 1 atom stereocenters. The Bertz CT molecular complexity index is 936. The molecule has 1 aliphatic heterocycles. The number of furan rings is 1. The molecule has 0 saturated carbocycles. The van der Waals surface area contributed by atoms with Gasteiger partial charge in [-0.3, -0.25) is 9.78 Å². The van der Waals surface area contributed by atoms with Gasteiger partial charge >= 0.3 is 0 Å². The molecular formula is C22H22N2O3. The van der Waals surface area contributed by atoms with Crippen LogP contribution in [0.2, 0.25) is 0 Å². The minimum absolute atomic E-state index is 0.0391. The van der Waals surface area contributed by atoms with E-state index in [2.05, 4.69) is 24.9 Å². The highest BCUT2D eigenvalue weighted by Gasteiger charge is 2.34. The number of aryl methyl sites for hydroxylation is 2. The van der Waals surface area contributed by atoms with E-state index in [4.69, 9.17) is 9.15 Å². The van der Waals surface area contributed by atoms with Crippen molar-refractivity contribution in [1.82, 2.24) is 9.88 Å². The van der Waals surface area contributed by atoms with Gasteiger partial charge in [-0.05, 0) is 54.8 Å². The Labute approximate surface area is 158 Å². The van der Waals surface area contributed by atoms with Crippen molar-refractivity contribution < 1.29 is 13.9 Å². The predicted octanol–water partition coefficient (Wildman–Crippen LogP) is 4.00. The molecule has 138 valence electrons. The molecule has 0 saturated heterocycles. The van der Waals surface area contributed by atoms with Gasteiger partial charge in [-0.15, -0.1) is 0 Å². The zero-order valence-electron chi connectivity index (χ0n) is 15.5. The summed E-state index contributed by atoms with van der Waals surface area (Å²) in [6.07, 6.45) is 5.14. The summed E-state index contributed by atoms with van der Waals surface area (Å²) in [4.78, 5) is 19.4. The molecule has 3 aromatic rings. The Morgan fingerprint density at radius 2 is 2.04 bits per heavy atom. The number of hydrogen-bond acceptors (Lipinski definition) is 4. The Hall–Kier alpha value is -3.08. The Balaban J connectivity index is 1.62. The standard InChI is InChI=1S/C22H22N2O3/c1-15-9-19-20(14-27-21(19)10-16(15)2)22(25)24(13-18-6-4-8-26-18)12-17-5-3-7-23-11-17/h3-11,20H,12-14H2,1-2H3. The number of fused-ring (bicyclic) bond motifs is 1. The van der Waals surface area contributed by atoms with Crippen LogP contribution in [0, 0.1) is 13.8 Å². The van der Waals surface area contributed by atoms with Gasteiger partial charge in [-0.25, -0.2) is 0 Å². The van der Waals surface area contributed by atoms with Crippen LogP contribution < -0.4 is 4.74 Å². The van der Waals surface area contributed by atoms with E-state index in [1.807, 2.05) is 35.2 Å². The maximum atomic E-state index is 13.4. The molecule has 4 rings (SSSR count). The minimum Gasteiger partial charge on any atom is -0.492 e. The fourth-order valence-electron chi connectivity index (χ4n) is 3.41. The number of hydrogen-bond donors (Lipinski definition) is 0. The first-order valence-corrected chi connectivity index (χ1v) is 9.06. The molecule has 0 N–H and O–H groups in total. The molecule has 0 bridgehead atoms. The average Bonchev–Trinajstić information content (AvgIpc) is 3.32. The van der Waals surface area contributed by atoms with Crippen LogP contribution in [0.25, 0.3) is 0 Å². The van der Waals surface area contributed by atoms with E-state index in [0.717, 1.165) is 22.6 Å². The van der Waals surface area contributed by atoms with Gasteiger partial charge in [0.05, 0.1) is 12.8 Å². The monoisotopic (exact) mass is 362 g/mol. The molecule has 5 nitrogen and oxygen atoms in total. The lowest BCUT2D eigenvalue weighted by Gasteiger charge is -2.24. The summed E-state index contributed by atoms with van der Waals surface area (Å²) >= 11 is 0. The van der Waals surface area contributed by atoms with Crippen LogP contribution in [0.15, 0.2) is 59.5 Å². The van der Waals surface area contributed by atoms with E-state index >= 15 is 0 Å². The van der Waals surface area contributed by atoms with Crippen molar-refractivity contribution in [3.05, 3.63) is 83.1 Å². The van der Waals surface area contributed by atoms with Gasteiger partial charge < -0.3 is 14.1 Å². The molecule has 1 aromatic carbocycles. The van der Waals surface area contributed by atoms with Crippen molar-refractivity contribution in [3.8, 4) is 5.75 Å². The van der Waals surface area contributed by atoms with Crippen LogP contribution in [0.3, 0.4) is 0 Å². The smallest absolute Gasteiger partial charge is 0.234 e. The van der Waals surface area contributed by atoms with Crippen molar-refractivity contribution in [2.45, 2.75) is 32.9 Å². The van der Waals surface area contributed by atoms with Gasteiger partial charge in [0.2, 0.25) is 5.91 Å². The second kappa shape index (κ2) is 7.27. The van der Waals surface area contributed by atoms with E-state index in [9.17, 15) is 4.79 Å². The highest BCUT2D eigenvalue weighted by molar-refractivity contribution is 5.85. The van der Waals surface area contributed by atoms with Crippen LogP contribution in [0.4, 0.5) is 0 Å². The molecule has 27 heavy (non-hydrogen) atoms. The topological polar surface area (TPSA) is 55.6 Å². The molecule has 2 aromatic heterocycles. The number of carbonyl (C=O) groups is 1. The average molecular weight is 362 g/mol. The molecule has 0 radical (unpaired) electrons. The van der Waals surface area contributed by atoms with Gasteiger partial charge in [-0.1, -0.05) is 12.1 Å². The molecule has 1 amide bonds. The first-order chi connectivity index (χ1) is 13.1. The van der Waals surface area contributed by atoms with Crippen LogP contribution in [-0.4, -0.2) is 22.4 Å². The molecule has 3 heterocycles. The third-order valence-corrected chi connectivity index (χ3v) is 5.04. The van der Waals surface area contributed by atoms with Gasteiger partial charge in [0.1, 0.15) is 24.0 Å². The maximum Gasteiger partial charge on any atom is 0.234 e. The van der Waals surface area contributed by atoms with Crippen LogP contribution in [0.1, 0.15) is 33.9 Å². The lowest BCUT2D eigenvalue weighted by Crippen LogP contribution is -2.35. The Morgan fingerprint density at radius 1 is 1.19 bits per heavy atom. The summed E-state index contributed by atoms with van der Waals surface area (Å²) in [6.45, 7) is 5.38. The molecule has 1 aliphatic rings. The lowest BCUT2D eigenvalue weighted by molar-refractivity contribution is -0.134. The van der Waals surface area contributed by atoms with Crippen molar-refractivity contribution in [1.29, 1.82) is 0 Å². The number of ether oxygens (including phenoxy) is 1. The van der Waals surface area contributed by atoms with Gasteiger partial charge in [0.25, 0.3) is 0 Å². The number of benzene rings is 1. The number of aromatic nitrogens is 1. The fraction of sp³-hybridized carbons (Fsp3) is 0.273. The van der Waals surface area contributed by atoms with Crippen molar-refractivity contribution in [3.63, 3.8) is 0 Å². The summed E-state index contributed by atoms with van der Waals surface area (Å²) in [5.74, 6) is 1.31. The zero-order chi connectivity index (χ0) is 18.8. The highest BCUT2D eigenvalue weighted by Crippen LogP contribution is 2.37. The highest BCUT2D eigenvalue weighted by atomic mass is 16.5. The molecule has 0 fully saturated rings. The van der Waals surface area contributed by atoms with E-state index < -0.39 is 0 Å². The maximum absolute atomic E-state index is 13.4. The quantitative estimate of drug-likeness (QED) is 0.688. The summed E-state index contributed by atoms with van der Waals surface area (Å²) in [6, 6.07) is 11.7. The van der Waals surface area contributed by atoms with E-state index in [1.165, 1.54) is 11.1 Å². The zero-order valence-corrected chi connectivity index (χ0v) is 15.5. The first-order valence-electron chi connectivity index (χ1n) is 9.06. The van der Waals surface area contributed by atoms with Crippen LogP contribution in [-0.2, 0) is 17.9 Å². The molecule has 0 aliphatic carbocycles. The number of pyridine rings is 1. The number of rotatable bonds is 5. The third kappa shape index (κ3) is 3.58. The minimum atomic E-state index is -0.300. The summed E-state index contributed by atoms with van der Waals surface area (Å²) in [5.41, 5.74) is 4.29. The molecule has 5 heteroatoms. The molecule has 1 unspecified atom stereocenters. The molecular weight excluding hydrogens is 340 g/mol. The summed E-state index contributed by atoms with van der Waals surface area (Å²) < 4.78 is 11.3. The second-order valence-corrected chi connectivity index (χ2v) is 6.97. The van der Waals surface area contributed by atoms with Gasteiger partial charge in [0, 0.05) is 24.5 Å². The normalized spacial score (nSPS) is 15.3.